The third-order valence-corrected chi connectivity index (χ3v) is 4.99. The first kappa shape index (κ1) is 21.1. The number of methoxy groups -OCH3 is 3. The predicted molar refractivity (Wildman–Crippen MR) is 117 cm³/mol. The van der Waals surface area contributed by atoms with E-state index < -0.39 is 0 Å². The lowest BCUT2D eigenvalue weighted by atomic mass is 9.92. The second-order valence-corrected chi connectivity index (χ2v) is 6.99. The van der Waals surface area contributed by atoms with Crippen molar-refractivity contribution in [1.82, 2.24) is 0 Å². The van der Waals surface area contributed by atoms with Gasteiger partial charge in [-0.15, -0.1) is 0 Å². The molecule has 0 N–H and O–H groups in total. The van der Waals surface area contributed by atoms with Gasteiger partial charge in [0.05, 0.1) is 32.5 Å². The monoisotopic (exact) mass is 404 g/mol. The van der Waals surface area contributed by atoms with Crippen molar-refractivity contribution in [3.05, 3.63) is 64.7 Å². The molecule has 0 heterocycles. The van der Waals surface area contributed by atoms with Crippen molar-refractivity contribution in [2.75, 3.05) is 21.3 Å². The molecule has 3 rings (SSSR count). The first-order chi connectivity index (χ1) is 14.5. The van der Waals surface area contributed by atoms with Crippen LogP contribution in [0.2, 0.25) is 0 Å². The summed E-state index contributed by atoms with van der Waals surface area (Å²) in [6.07, 6.45) is 1.57. The van der Waals surface area contributed by atoms with Gasteiger partial charge in [-0.2, -0.15) is 0 Å². The van der Waals surface area contributed by atoms with E-state index >= 15 is 0 Å². The Morgan fingerprint density at radius 2 is 1.00 bits per heavy atom. The molecule has 0 atom stereocenters. The molecule has 0 aromatic heterocycles. The Labute approximate surface area is 176 Å². The van der Waals surface area contributed by atoms with E-state index in [0.29, 0.717) is 28.4 Å². The van der Waals surface area contributed by atoms with Crippen molar-refractivity contribution in [1.29, 1.82) is 0 Å². The molecule has 154 valence electrons. The molecule has 0 saturated heterocycles. The van der Waals surface area contributed by atoms with Crippen LogP contribution in [0.1, 0.15) is 31.8 Å². The van der Waals surface area contributed by atoms with E-state index in [1.807, 2.05) is 44.2 Å². The zero-order chi connectivity index (χ0) is 21.8. The van der Waals surface area contributed by atoms with Gasteiger partial charge < -0.3 is 14.2 Å². The molecule has 5 heteroatoms. The van der Waals surface area contributed by atoms with Crippen LogP contribution < -0.4 is 14.2 Å². The third-order valence-electron chi connectivity index (χ3n) is 4.99. The molecule has 0 radical (unpaired) electrons. The Morgan fingerprint density at radius 3 is 1.33 bits per heavy atom. The van der Waals surface area contributed by atoms with Gasteiger partial charge in [0.1, 0.15) is 17.2 Å². The zero-order valence-corrected chi connectivity index (χ0v) is 17.7. The van der Waals surface area contributed by atoms with E-state index in [4.69, 9.17) is 14.2 Å². The number of para-hydroxylation sites is 1. The van der Waals surface area contributed by atoms with Crippen LogP contribution in [0.3, 0.4) is 0 Å². The number of aldehydes is 2. The van der Waals surface area contributed by atoms with Crippen molar-refractivity contribution in [2.24, 2.45) is 0 Å². The first-order valence-electron chi connectivity index (χ1n) is 9.44. The molecule has 0 aliphatic heterocycles. The van der Waals surface area contributed by atoms with E-state index in [1.54, 1.807) is 19.2 Å². The number of hydrogen-bond donors (Lipinski definition) is 0. The second kappa shape index (κ2) is 8.82. The van der Waals surface area contributed by atoms with Gasteiger partial charge in [-0.1, -0.05) is 18.2 Å². The average Bonchev–Trinajstić information content (AvgIpc) is 2.76. The van der Waals surface area contributed by atoms with Crippen molar-refractivity contribution in [3.63, 3.8) is 0 Å². The number of hydrogen-bond acceptors (Lipinski definition) is 5. The van der Waals surface area contributed by atoms with E-state index in [0.717, 1.165) is 46.0 Å². The van der Waals surface area contributed by atoms with Gasteiger partial charge in [-0.3, -0.25) is 9.59 Å². The Kier molecular flexibility index (Phi) is 6.21. The van der Waals surface area contributed by atoms with Crippen molar-refractivity contribution < 1.29 is 23.8 Å². The maximum Gasteiger partial charge on any atom is 0.153 e. The molecular formula is C25H24O5. The fraction of sp³-hybridized carbons (Fsp3) is 0.200. The molecule has 30 heavy (non-hydrogen) atoms. The average molecular weight is 404 g/mol. The van der Waals surface area contributed by atoms with Gasteiger partial charge in [0.2, 0.25) is 0 Å². The Bertz CT molecular complexity index is 1030. The smallest absolute Gasteiger partial charge is 0.153 e. The van der Waals surface area contributed by atoms with Gasteiger partial charge in [-0.05, 0) is 49.2 Å². The van der Waals surface area contributed by atoms with Crippen LogP contribution in [0.4, 0.5) is 0 Å². The van der Waals surface area contributed by atoms with Gasteiger partial charge in [0.25, 0.3) is 0 Å². The highest BCUT2D eigenvalue weighted by Crippen LogP contribution is 2.46. The first-order valence-corrected chi connectivity index (χ1v) is 9.44. The van der Waals surface area contributed by atoms with Crippen LogP contribution in [-0.2, 0) is 0 Å². The highest BCUT2D eigenvalue weighted by molar-refractivity contribution is 5.93. The minimum absolute atomic E-state index is 0.469. The summed E-state index contributed by atoms with van der Waals surface area (Å²) in [5.41, 5.74) is 5.84. The molecule has 0 bridgehead atoms. The fourth-order valence-corrected chi connectivity index (χ4v) is 3.81. The summed E-state index contributed by atoms with van der Waals surface area (Å²) in [6.45, 7) is 3.85. The van der Waals surface area contributed by atoms with Crippen LogP contribution in [0.15, 0.2) is 42.5 Å². The Morgan fingerprint density at radius 1 is 0.600 bits per heavy atom. The van der Waals surface area contributed by atoms with E-state index in [2.05, 4.69) is 0 Å². The standard InChI is InChI=1S/C25H24O5/c1-15-9-17(13-26)23(28-3)21(11-15)19-7-6-8-20(25(19)30-5)22-12-16(2)10-18(14-27)24(22)29-4/h6-14H,1-5H3. The Hall–Kier alpha value is -3.60. The van der Waals surface area contributed by atoms with Crippen molar-refractivity contribution in [3.8, 4) is 39.5 Å². The maximum absolute atomic E-state index is 11.6. The fourth-order valence-electron chi connectivity index (χ4n) is 3.81. The SMILES string of the molecule is COc1c(C=O)cc(C)cc1-c1cccc(-c2cc(C)cc(C=O)c2OC)c1OC. The molecule has 0 unspecified atom stereocenters. The lowest BCUT2D eigenvalue weighted by Crippen LogP contribution is -2.00. The van der Waals surface area contributed by atoms with Crippen LogP contribution >= 0.6 is 0 Å². The summed E-state index contributed by atoms with van der Waals surface area (Å²) >= 11 is 0. The molecule has 0 amide bonds. The van der Waals surface area contributed by atoms with E-state index in [-0.39, 0.29) is 0 Å². The number of benzene rings is 3. The lowest BCUT2D eigenvalue weighted by Gasteiger charge is -2.19. The molecular weight excluding hydrogens is 380 g/mol. The van der Waals surface area contributed by atoms with Crippen LogP contribution in [0.5, 0.6) is 17.2 Å². The van der Waals surface area contributed by atoms with E-state index in [1.165, 1.54) is 14.2 Å². The van der Waals surface area contributed by atoms with Gasteiger partial charge >= 0.3 is 0 Å². The molecule has 0 aliphatic rings. The highest BCUT2D eigenvalue weighted by atomic mass is 16.5. The molecule has 3 aromatic rings. The summed E-state index contributed by atoms with van der Waals surface area (Å²) < 4.78 is 17.0. The van der Waals surface area contributed by atoms with Crippen molar-refractivity contribution >= 4 is 12.6 Å². The van der Waals surface area contributed by atoms with Crippen LogP contribution in [0, 0.1) is 13.8 Å². The minimum Gasteiger partial charge on any atom is -0.495 e. The predicted octanol–water partition coefficient (Wildman–Crippen LogP) is 5.29. The number of ether oxygens (including phenoxy) is 3. The van der Waals surface area contributed by atoms with Crippen LogP contribution in [-0.4, -0.2) is 33.9 Å². The molecule has 3 aromatic carbocycles. The largest absolute Gasteiger partial charge is 0.495 e. The second-order valence-electron chi connectivity index (χ2n) is 6.99. The number of carbonyl (C=O) groups excluding carboxylic acids is 2. The molecule has 0 saturated carbocycles. The van der Waals surface area contributed by atoms with Crippen LogP contribution in [0.25, 0.3) is 22.3 Å². The summed E-state index contributed by atoms with van der Waals surface area (Å²) in [5, 5.41) is 0. The number of rotatable bonds is 7. The summed E-state index contributed by atoms with van der Waals surface area (Å²) in [7, 11) is 4.67. The highest BCUT2D eigenvalue weighted by Gasteiger charge is 2.21. The maximum atomic E-state index is 11.6. The Balaban J connectivity index is 2.37. The van der Waals surface area contributed by atoms with Gasteiger partial charge in [0.15, 0.2) is 12.6 Å². The minimum atomic E-state index is 0.469. The van der Waals surface area contributed by atoms with E-state index in [9.17, 15) is 9.59 Å². The third kappa shape index (κ3) is 3.66. The molecule has 0 aliphatic carbocycles. The number of aryl methyl sites for hydroxylation is 2. The quantitative estimate of drug-likeness (QED) is 0.501. The molecule has 0 spiro atoms. The molecule has 5 nitrogen and oxygen atoms in total. The van der Waals surface area contributed by atoms with Gasteiger partial charge in [0, 0.05) is 22.3 Å². The lowest BCUT2D eigenvalue weighted by molar-refractivity contribution is 0.111. The van der Waals surface area contributed by atoms with Gasteiger partial charge in [-0.25, -0.2) is 0 Å². The summed E-state index contributed by atoms with van der Waals surface area (Å²) in [4.78, 5) is 23.2. The summed E-state index contributed by atoms with van der Waals surface area (Å²) in [6, 6.07) is 13.2. The topological polar surface area (TPSA) is 61.8 Å². The number of carbonyl (C=O) groups is 2. The van der Waals surface area contributed by atoms with Crippen molar-refractivity contribution in [2.45, 2.75) is 13.8 Å². The normalized spacial score (nSPS) is 10.4. The zero-order valence-electron chi connectivity index (χ0n) is 17.7. The molecule has 0 fully saturated rings. The summed E-state index contributed by atoms with van der Waals surface area (Å²) in [5.74, 6) is 1.56.